The summed E-state index contributed by atoms with van der Waals surface area (Å²) in [4.78, 5) is 12.5. The standard InChI is InChI=1S/C22H26N2O4/c1-26-19-13-17(14-20(27-2)21(19)28-3)22(25)24-23-18-11-9-16(10-12-18)15-7-5-4-6-8-15/h4-8,13-14,16H,9-12H2,1-3H3,(H,24,25). The molecule has 0 spiro atoms. The van der Waals surface area contributed by atoms with Gasteiger partial charge in [0, 0.05) is 11.3 Å². The Bertz CT molecular complexity index is 814. The van der Waals surface area contributed by atoms with Crippen LogP contribution in [0.2, 0.25) is 0 Å². The first-order valence-electron chi connectivity index (χ1n) is 9.37. The fourth-order valence-electron chi connectivity index (χ4n) is 3.53. The van der Waals surface area contributed by atoms with Gasteiger partial charge in [0.05, 0.1) is 21.3 Å². The van der Waals surface area contributed by atoms with Crippen LogP contribution in [0.1, 0.15) is 47.5 Å². The van der Waals surface area contributed by atoms with Gasteiger partial charge < -0.3 is 14.2 Å². The van der Waals surface area contributed by atoms with Gasteiger partial charge in [-0.1, -0.05) is 30.3 Å². The molecule has 28 heavy (non-hydrogen) atoms. The predicted molar refractivity (Wildman–Crippen MR) is 109 cm³/mol. The first-order valence-corrected chi connectivity index (χ1v) is 9.37. The zero-order chi connectivity index (χ0) is 19.9. The molecule has 148 valence electrons. The zero-order valence-electron chi connectivity index (χ0n) is 16.5. The number of carbonyl (C=O) groups is 1. The second kappa shape index (κ2) is 9.26. The van der Waals surface area contributed by atoms with Crippen LogP contribution >= 0.6 is 0 Å². The van der Waals surface area contributed by atoms with Crippen LogP contribution in [0.3, 0.4) is 0 Å². The topological polar surface area (TPSA) is 69.2 Å². The van der Waals surface area contributed by atoms with E-state index in [1.165, 1.54) is 26.9 Å². The maximum atomic E-state index is 12.5. The van der Waals surface area contributed by atoms with Gasteiger partial charge in [0.25, 0.3) is 5.91 Å². The molecular weight excluding hydrogens is 356 g/mol. The van der Waals surface area contributed by atoms with E-state index in [2.05, 4.69) is 34.8 Å². The molecule has 2 aromatic rings. The second-order valence-electron chi connectivity index (χ2n) is 6.72. The van der Waals surface area contributed by atoms with Gasteiger partial charge >= 0.3 is 0 Å². The third-order valence-electron chi connectivity index (χ3n) is 5.08. The molecule has 0 unspecified atom stereocenters. The van der Waals surface area contributed by atoms with Gasteiger partial charge in [0.2, 0.25) is 5.75 Å². The number of carbonyl (C=O) groups excluding carboxylic acids is 1. The molecule has 1 aliphatic carbocycles. The molecule has 0 heterocycles. The SMILES string of the molecule is COc1cc(C(=O)NN=C2CCC(c3ccccc3)CC2)cc(OC)c1OC. The molecule has 0 radical (unpaired) electrons. The van der Waals surface area contributed by atoms with E-state index in [4.69, 9.17) is 14.2 Å². The monoisotopic (exact) mass is 382 g/mol. The first kappa shape index (κ1) is 19.7. The van der Waals surface area contributed by atoms with E-state index in [1.807, 2.05) is 6.07 Å². The van der Waals surface area contributed by atoms with Gasteiger partial charge in [0.15, 0.2) is 11.5 Å². The molecule has 3 rings (SSSR count). The molecule has 1 aliphatic rings. The van der Waals surface area contributed by atoms with Crippen LogP contribution in [0.25, 0.3) is 0 Å². The van der Waals surface area contributed by atoms with Crippen molar-refractivity contribution in [3.63, 3.8) is 0 Å². The molecule has 1 saturated carbocycles. The Kier molecular flexibility index (Phi) is 6.53. The van der Waals surface area contributed by atoms with Crippen molar-refractivity contribution in [2.24, 2.45) is 5.10 Å². The Morgan fingerprint density at radius 1 is 0.964 bits per heavy atom. The van der Waals surface area contributed by atoms with Crippen molar-refractivity contribution >= 4 is 11.6 Å². The number of benzene rings is 2. The van der Waals surface area contributed by atoms with Gasteiger partial charge in [0.1, 0.15) is 0 Å². The predicted octanol–water partition coefficient (Wildman–Crippen LogP) is 4.16. The fourth-order valence-corrected chi connectivity index (χ4v) is 3.53. The Balaban J connectivity index is 1.64. The first-order chi connectivity index (χ1) is 13.7. The van der Waals surface area contributed by atoms with Crippen LogP contribution in [-0.4, -0.2) is 32.9 Å². The lowest BCUT2D eigenvalue weighted by molar-refractivity contribution is 0.0953. The van der Waals surface area contributed by atoms with Crippen LogP contribution in [0.4, 0.5) is 0 Å². The molecule has 0 atom stereocenters. The minimum absolute atomic E-state index is 0.308. The maximum Gasteiger partial charge on any atom is 0.271 e. The van der Waals surface area contributed by atoms with E-state index in [0.717, 1.165) is 31.4 Å². The number of rotatable bonds is 6. The molecule has 1 amide bonds. The molecule has 2 aromatic carbocycles. The quantitative estimate of drug-likeness (QED) is 0.762. The van der Waals surface area contributed by atoms with Crippen molar-refractivity contribution in [2.75, 3.05) is 21.3 Å². The Hall–Kier alpha value is -3.02. The Morgan fingerprint density at radius 2 is 1.57 bits per heavy atom. The minimum atomic E-state index is -0.308. The minimum Gasteiger partial charge on any atom is -0.493 e. The summed E-state index contributed by atoms with van der Waals surface area (Å²) in [6.07, 6.45) is 3.86. The van der Waals surface area contributed by atoms with Gasteiger partial charge in [-0.25, -0.2) is 5.43 Å². The van der Waals surface area contributed by atoms with E-state index in [0.29, 0.717) is 28.7 Å². The molecule has 1 fully saturated rings. The van der Waals surface area contributed by atoms with Crippen molar-refractivity contribution in [3.05, 3.63) is 53.6 Å². The number of hydrazone groups is 1. The maximum absolute atomic E-state index is 12.5. The molecular formula is C22H26N2O4. The summed E-state index contributed by atoms with van der Waals surface area (Å²) in [5.41, 5.74) is 5.46. The lowest BCUT2D eigenvalue weighted by atomic mass is 9.83. The van der Waals surface area contributed by atoms with Crippen LogP contribution < -0.4 is 19.6 Å². The number of nitrogens with zero attached hydrogens (tertiary/aromatic N) is 1. The number of hydrogen-bond acceptors (Lipinski definition) is 5. The molecule has 0 aromatic heterocycles. The summed E-state index contributed by atoms with van der Waals surface area (Å²) in [6, 6.07) is 13.8. The summed E-state index contributed by atoms with van der Waals surface area (Å²) in [5, 5.41) is 4.35. The third kappa shape index (κ3) is 4.44. The fraction of sp³-hybridized carbons (Fsp3) is 0.364. The lowest BCUT2D eigenvalue weighted by Crippen LogP contribution is -2.22. The molecule has 6 heteroatoms. The summed E-state index contributed by atoms with van der Waals surface area (Å²) < 4.78 is 15.9. The highest BCUT2D eigenvalue weighted by atomic mass is 16.5. The number of nitrogens with one attached hydrogen (secondary N) is 1. The highest BCUT2D eigenvalue weighted by Crippen LogP contribution is 2.38. The van der Waals surface area contributed by atoms with E-state index in [1.54, 1.807) is 12.1 Å². The van der Waals surface area contributed by atoms with Crippen LogP contribution in [-0.2, 0) is 0 Å². The van der Waals surface area contributed by atoms with Crippen LogP contribution in [0.5, 0.6) is 17.2 Å². The number of amides is 1. The van der Waals surface area contributed by atoms with Gasteiger partial charge in [-0.15, -0.1) is 0 Å². The van der Waals surface area contributed by atoms with Crippen molar-refractivity contribution < 1.29 is 19.0 Å². The molecule has 0 aliphatic heterocycles. The Labute approximate surface area is 165 Å². The second-order valence-corrected chi connectivity index (χ2v) is 6.72. The Morgan fingerprint density at radius 3 is 2.11 bits per heavy atom. The number of hydrogen-bond donors (Lipinski definition) is 1. The number of methoxy groups -OCH3 is 3. The molecule has 0 saturated heterocycles. The van der Waals surface area contributed by atoms with Crippen LogP contribution in [0.15, 0.2) is 47.6 Å². The lowest BCUT2D eigenvalue weighted by Gasteiger charge is -2.23. The van der Waals surface area contributed by atoms with E-state index >= 15 is 0 Å². The summed E-state index contributed by atoms with van der Waals surface area (Å²) in [6.45, 7) is 0. The van der Waals surface area contributed by atoms with Gasteiger partial charge in [-0.05, 0) is 49.3 Å². The average Bonchev–Trinajstić information content (AvgIpc) is 2.77. The number of ether oxygens (including phenoxy) is 3. The highest BCUT2D eigenvalue weighted by molar-refractivity contribution is 5.96. The van der Waals surface area contributed by atoms with Crippen molar-refractivity contribution in [1.29, 1.82) is 0 Å². The molecule has 6 nitrogen and oxygen atoms in total. The van der Waals surface area contributed by atoms with Crippen LogP contribution in [0, 0.1) is 0 Å². The average molecular weight is 382 g/mol. The van der Waals surface area contributed by atoms with E-state index in [9.17, 15) is 4.79 Å². The third-order valence-corrected chi connectivity index (χ3v) is 5.08. The van der Waals surface area contributed by atoms with Gasteiger partial charge in [-0.3, -0.25) is 4.79 Å². The van der Waals surface area contributed by atoms with Crippen molar-refractivity contribution in [1.82, 2.24) is 5.43 Å². The highest BCUT2D eigenvalue weighted by Gasteiger charge is 2.20. The molecule has 1 N–H and O–H groups in total. The van der Waals surface area contributed by atoms with Crippen molar-refractivity contribution in [3.8, 4) is 17.2 Å². The summed E-state index contributed by atoms with van der Waals surface area (Å²) in [7, 11) is 4.56. The van der Waals surface area contributed by atoms with Crippen molar-refractivity contribution in [2.45, 2.75) is 31.6 Å². The van der Waals surface area contributed by atoms with E-state index in [-0.39, 0.29) is 5.91 Å². The normalized spacial score (nSPS) is 16.2. The summed E-state index contributed by atoms with van der Waals surface area (Å²) in [5.74, 6) is 1.57. The van der Waals surface area contributed by atoms with Gasteiger partial charge in [-0.2, -0.15) is 5.10 Å². The summed E-state index contributed by atoms with van der Waals surface area (Å²) >= 11 is 0. The largest absolute Gasteiger partial charge is 0.493 e. The molecule has 0 bridgehead atoms. The zero-order valence-corrected chi connectivity index (χ0v) is 16.5. The van der Waals surface area contributed by atoms with E-state index < -0.39 is 0 Å². The smallest absolute Gasteiger partial charge is 0.271 e.